The molecule has 0 spiro atoms. The standard InChI is InChI=1S/C31H24N4O4/c1-3-15-38-25-13-11-22(12-14-25)29-23(19-35(33-29)24-8-5-4-6-9-24)17-27-21(2)28(18-32)31(37)34(30(27)36)20-26-10-7-16-39-26/h3-14,16-17,19H,1,15,20H2,2H3/b27-17+. The van der Waals surface area contributed by atoms with Crippen molar-refractivity contribution in [1.29, 1.82) is 5.26 Å². The Morgan fingerprint density at radius 2 is 1.82 bits per heavy atom. The molecule has 0 aliphatic carbocycles. The van der Waals surface area contributed by atoms with Crippen LogP contribution in [0.15, 0.2) is 113 Å². The van der Waals surface area contributed by atoms with E-state index in [0.29, 0.717) is 34.9 Å². The topological polar surface area (TPSA) is 101 Å². The molecule has 8 heteroatoms. The summed E-state index contributed by atoms with van der Waals surface area (Å²) < 4.78 is 12.7. The van der Waals surface area contributed by atoms with E-state index in [2.05, 4.69) is 6.58 Å². The van der Waals surface area contributed by atoms with Crippen molar-refractivity contribution in [3.05, 3.63) is 120 Å². The van der Waals surface area contributed by atoms with Gasteiger partial charge in [0.2, 0.25) is 0 Å². The van der Waals surface area contributed by atoms with Crippen molar-refractivity contribution in [2.45, 2.75) is 13.5 Å². The minimum absolute atomic E-state index is 0.0806. The van der Waals surface area contributed by atoms with Gasteiger partial charge in [-0.2, -0.15) is 10.4 Å². The van der Waals surface area contributed by atoms with Crippen LogP contribution in [-0.2, 0) is 16.1 Å². The molecule has 5 rings (SSSR count). The largest absolute Gasteiger partial charge is 0.490 e. The second-order valence-electron chi connectivity index (χ2n) is 8.78. The van der Waals surface area contributed by atoms with Crippen LogP contribution in [0.3, 0.4) is 0 Å². The molecule has 1 aliphatic rings. The molecule has 3 heterocycles. The maximum Gasteiger partial charge on any atom is 0.272 e. The van der Waals surface area contributed by atoms with Gasteiger partial charge in [-0.3, -0.25) is 14.5 Å². The molecule has 0 saturated carbocycles. The van der Waals surface area contributed by atoms with Crippen molar-refractivity contribution in [2.75, 3.05) is 6.61 Å². The van der Waals surface area contributed by atoms with Crippen molar-refractivity contribution in [1.82, 2.24) is 14.7 Å². The van der Waals surface area contributed by atoms with Crippen LogP contribution >= 0.6 is 0 Å². The normalized spacial score (nSPS) is 14.6. The van der Waals surface area contributed by atoms with Crippen LogP contribution in [-0.4, -0.2) is 33.1 Å². The van der Waals surface area contributed by atoms with Crippen molar-refractivity contribution < 1.29 is 18.7 Å². The van der Waals surface area contributed by atoms with Gasteiger partial charge in [0.25, 0.3) is 11.8 Å². The van der Waals surface area contributed by atoms with Crippen molar-refractivity contribution >= 4 is 17.9 Å². The van der Waals surface area contributed by atoms with Crippen LogP contribution in [0, 0.1) is 11.3 Å². The van der Waals surface area contributed by atoms with E-state index >= 15 is 0 Å². The highest BCUT2D eigenvalue weighted by molar-refractivity contribution is 6.19. The van der Waals surface area contributed by atoms with E-state index in [1.54, 1.807) is 35.9 Å². The SMILES string of the molecule is C=CCOc1ccc(-c2nn(-c3ccccc3)cc2/C=C2/C(=O)N(Cc3ccco3)C(=O)C(C#N)=C2C)cc1. The number of imide groups is 1. The van der Waals surface area contributed by atoms with Crippen LogP contribution in [0.1, 0.15) is 18.2 Å². The summed E-state index contributed by atoms with van der Waals surface area (Å²) in [5.41, 5.74) is 3.36. The van der Waals surface area contributed by atoms with Crippen molar-refractivity contribution in [3.63, 3.8) is 0 Å². The lowest BCUT2D eigenvalue weighted by atomic mass is 9.93. The van der Waals surface area contributed by atoms with E-state index in [1.807, 2.05) is 66.9 Å². The molecular formula is C31H24N4O4. The number of hydrogen-bond acceptors (Lipinski definition) is 6. The zero-order valence-corrected chi connectivity index (χ0v) is 21.2. The molecule has 0 radical (unpaired) electrons. The van der Waals surface area contributed by atoms with Gasteiger partial charge in [-0.15, -0.1) is 0 Å². The first-order chi connectivity index (χ1) is 19.0. The summed E-state index contributed by atoms with van der Waals surface area (Å²) in [6.45, 7) is 5.59. The molecular weight excluding hydrogens is 492 g/mol. The van der Waals surface area contributed by atoms with Gasteiger partial charge in [0.05, 0.1) is 24.2 Å². The number of carbonyl (C=O) groups excluding carboxylic acids is 2. The number of amides is 2. The molecule has 0 unspecified atom stereocenters. The molecule has 1 aliphatic heterocycles. The van der Waals surface area contributed by atoms with E-state index in [0.717, 1.165) is 16.2 Å². The Morgan fingerprint density at radius 1 is 1.05 bits per heavy atom. The molecule has 0 fully saturated rings. The molecule has 0 atom stereocenters. The minimum atomic E-state index is -0.649. The van der Waals surface area contributed by atoms with Gasteiger partial charge >= 0.3 is 0 Å². The van der Waals surface area contributed by atoms with Crippen molar-refractivity contribution in [2.24, 2.45) is 0 Å². The van der Waals surface area contributed by atoms with E-state index < -0.39 is 11.8 Å². The number of para-hydroxylation sites is 1. The molecule has 0 saturated heterocycles. The van der Waals surface area contributed by atoms with Gasteiger partial charge in [-0.1, -0.05) is 30.9 Å². The first kappa shape index (κ1) is 25.2. The summed E-state index contributed by atoms with van der Waals surface area (Å²) in [6, 6.07) is 22.4. The number of nitriles is 1. The third-order valence-corrected chi connectivity index (χ3v) is 6.28. The number of benzene rings is 2. The van der Waals surface area contributed by atoms with Gasteiger partial charge in [0.15, 0.2) is 0 Å². The predicted octanol–water partition coefficient (Wildman–Crippen LogP) is 5.49. The molecule has 2 aromatic carbocycles. The van der Waals surface area contributed by atoms with Crippen LogP contribution in [0.4, 0.5) is 0 Å². The molecule has 0 bridgehead atoms. The average Bonchev–Trinajstić information content (AvgIpc) is 3.64. The summed E-state index contributed by atoms with van der Waals surface area (Å²) in [4.78, 5) is 27.6. The zero-order chi connectivity index (χ0) is 27.4. The Labute approximate surface area is 225 Å². The van der Waals surface area contributed by atoms with Crippen LogP contribution in [0.5, 0.6) is 5.75 Å². The third-order valence-electron chi connectivity index (χ3n) is 6.28. The molecule has 8 nitrogen and oxygen atoms in total. The molecule has 2 amide bonds. The number of rotatable bonds is 8. The zero-order valence-electron chi connectivity index (χ0n) is 21.2. The minimum Gasteiger partial charge on any atom is -0.490 e. The monoisotopic (exact) mass is 516 g/mol. The second kappa shape index (κ2) is 10.9. The Balaban J connectivity index is 1.62. The quantitative estimate of drug-likeness (QED) is 0.174. The molecule has 2 aromatic heterocycles. The van der Waals surface area contributed by atoms with E-state index in [9.17, 15) is 14.9 Å². The van der Waals surface area contributed by atoms with Crippen molar-refractivity contribution in [3.8, 4) is 28.8 Å². The molecule has 0 N–H and O–H groups in total. The Hall–Kier alpha value is -5.42. The lowest BCUT2D eigenvalue weighted by molar-refractivity contribution is -0.141. The number of hydrogen-bond donors (Lipinski definition) is 0. The first-order valence-electron chi connectivity index (χ1n) is 12.2. The number of aromatic nitrogens is 2. The lowest BCUT2D eigenvalue weighted by Crippen LogP contribution is -2.42. The highest BCUT2D eigenvalue weighted by Crippen LogP contribution is 2.32. The third kappa shape index (κ3) is 5.06. The van der Waals surface area contributed by atoms with E-state index in [4.69, 9.17) is 14.3 Å². The second-order valence-corrected chi connectivity index (χ2v) is 8.78. The fraction of sp³-hybridized carbons (Fsp3) is 0.0968. The summed E-state index contributed by atoms with van der Waals surface area (Å²) >= 11 is 0. The smallest absolute Gasteiger partial charge is 0.272 e. The lowest BCUT2D eigenvalue weighted by Gasteiger charge is -2.26. The van der Waals surface area contributed by atoms with Crippen LogP contribution in [0.2, 0.25) is 0 Å². The van der Waals surface area contributed by atoms with E-state index in [-0.39, 0.29) is 17.7 Å². The Morgan fingerprint density at radius 3 is 2.49 bits per heavy atom. The number of furan rings is 1. The van der Waals surface area contributed by atoms with Gasteiger partial charge in [0.1, 0.15) is 29.8 Å². The van der Waals surface area contributed by atoms with Crippen LogP contribution in [0.25, 0.3) is 23.0 Å². The highest BCUT2D eigenvalue weighted by atomic mass is 16.5. The Kier molecular flexibility index (Phi) is 7.06. The van der Waals surface area contributed by atoms with Crippen LogP contribution < -0.4 is 4.74 Å². The number of carbonyl (C=O) groups is 2. The predicted molar refractivity (Wildman–Crippen MR) is 145 cm³/mol. The fourth-order valence-corrected chi connectivity index (χ4v) is 4.28. The van der Waals surface area contributed by atoms with Gasteiger partial charge in [-0.05, 0) is 67.1 Å². The number of ether oxygens (including phenoxy) is 1. The summed E-state index contributed by atoms with van der Waals surface area (Å²) in [6.07, 6.45) is 6.64. The molecule has 39 heavy (non-hydrogen) atoms. The highest BCUT2D eigenvalue weighted by Gasteiger charge is 2.36. The van der Waals surface area contributed by atoms with Gasteiger partial charge < -0.3 is 9.15 Å². The average molecular weight is 517 g/mol. The summed E-state index contributed by atoms with van der Waals surface area (Å²) in [5, 5.41) is 14.6. The first-order valence-corrected chi connectivity index (χ1v) is 12.2. The fourth-order valence-electron chi connectivity index (χ4n) is 4.28. The molecule has 4 aromatic rings. The van der Waals surface area contributed by atoms with E-state index in [1.165, 1.54) is 6.26 Å². The number of nitrogens with zero attached hydrogens (tertiary/aromatic N) is 4. The summed E-state index contributed by atoms with van der Waals surface area (Å²) in [7, 11) is 0. The van der Waals surface area contributed by atoms with Gasteiger partial charge in [-0.25, -0.2) is 4.68 Å². The van der Waals surface area contributed by atoms with Gasteiger partial charge in [0, 0.05) is 22.9 Å². The molecule has 192 valence electrons. The Bertz CT molecular complexity index is 1640. The maximum absolute atomic E-state index is 13.6. The summed E-state index contributed by atoms with van der Waals surface area (Å²) in [5.74, 6) is -0.0411. The maximum atomic E-state index is 13.6.